The number of aliphatic carboxylic acids is 1. The Labute approximate surface area is 114 Å². The summed E-state index contributed by atoms with van der Waals surface area (Å²) < 4.78 is 23.8. The third-order valence-electron chi connectivity index (χ3n) is 3.32. The van der Waals surface area contributed by atoms with E-state index < -0.39 is 23.1 Å². The van der Waals surface area contributed by atoms with E-state index in [1.54, 1.807) is 0 Å². The number of anilines is 1. The Morgan fingerprint density at radius 2 is 1.80 bits per heavy atom. The first-order valence-electron chi connectivity index (χ1n) is 5.91. The highest BCUT2D eigenvalue weighted by molar-refractivity contribution is 6.10. The van der Waals surface area contributed by atoms with Crippen LogP contribution in [0, 0.1) is 11.2 Å². The molecule has 0 spiro atoms. The highest BCUT2D eigenvalue weighted by Gasteiger charge is 2.57. The zero-order chi connectivity index (χ0) is 14.9. The number of carbonyl (C=O) groups is 2. The van der Waals surface area contributed by atoms with E-state index in [0.717, 1.165) is 6.07 Å². The molecule has 7 heteroatoms. The van der Waals surface area contributed by atoms with Gasteiger partial charge in [-0.1, -0.05) is 0 Å². The van der Waals surface area contributed by atoms with Crippen LogP contribution in [-0.2, 0) is 9.59 Å². The van der Waals surface area contributed by atoms with E-state index in [9.17, 15) is 14.0 Å². The number of halogens is 1. The molecule has 1 fully saturated rings. The average molecular weight is 283 g/mol. The van der Waals surface area contributed by atoms with Crippen LogP contribution in [0.3, 0.4) is 0 Å². The molecule has 1 amide bonds. The minimum atomic E-state index is -1.43. The van der Waals surface area contributed by atoms with E-state index in [2.05, 4.69) is 5.32 Å². The molecule has 0 unspecified atom stereocenters. The van der Waals surface area contributed by atoms with Gasteiger partial charge in [0.25, 0.3) is 0 Å². The number of ether oxygens (including phenoxy) is 2. The van der Waals surface area contributed by atoms with Gasteiger partial charge in [-0.15, -0.1) is 0 Å². The van der Waals surface area contributed by atoms with Crippen LogP contribution < -0.4 is 14.8 Å². The first-order valence-corrected chi connectivity index (χ1v) is 5.91. The second-order valence-corrected chi connectivity index (χ2v) is 4.53. The normalized spacial score (nSPS) is 15.3. The number of carboxylic acid groups (broad SMARTS) is 1. The highest BCUT2D eigenvalue weighted by Crippen LogP contribution is 2.47. The van der Waals surface area contributed by atoms with Crippen LogP contribution in [0.1, 0.15) is 12.8 Å². The van der Waals surface area contributed by atoms with E-state index in [-0.39, 0.29) is 30.0 Å². The molecule has 0 saturated heterocycles. The van der Waals surface area contributed by atoms with Gasteiger partial charge in [-0.3, -0.25) is 9.59 Å². The van der Waals surface area contributed by atoms with Crippen molar-refractivity contribution in [2.24, 2.45) is 5.41 Å². The molecule has 1 aliphatic rings. The van der Waals surface area contributed by atoms with Crippen molar-refractivity contribution in [2.45, 2.75) is 12.8 Å². The minimum absolute atomic E-state index is 0.139. The Morgan fingerprint density at radius 1 is 1.25 bits per heavy atom. The van der Waals surface area contributed by atoms with E-state index >= 15 is 0 Å². The standard InChI is InChI=1S/C13H14FNO5/c1-19-9-5-7(14)8(6-10(9)20-2)15-11(16)13(3-4-13)12(17)18/h5-6H,3-4H2,1-2H3,(H,15,16)(H,17,18). The maximum Gasteiger partial charge on any atom is 0.319 e. The molecule has 20 heavy (non-hydrogen) atoms. The number of carboxylic acids is 1. The summed E-state index contributed by atoms with van der Waals surface area (Å²) in [5.41, 5.74) is -1.57. The quantitative estimate of drug-likeness (QED) is 0.802. The van der Waals surface area contributed by atoms with Gasteiger partial charge in [-0.25, -0.2) is 4.39 Å². The van der Waals surface area contributed by atoms with Gasteiger partial charge in [0.2, 0.25) is 5.91 Å². The predicted molar refractivity (Wildman–Crippen MR) is 67.4 cm³/mol. The summed E-state index contributed by atoms with van der Waals surface area (Å²) in [5, 5.41) is 11.3. The van der Waals surface area contributed by atoms with Crippen molar-refractivity contribution >= 4 is 17.6 Å². The summed E-state index contributed by atoms with van der Waals surface area (Å²) in [7, 11) is 2.74. The van der Waals surface area contributed by atoms with Crippen LogP contribution in [0.5, 0.6) is 11.5 Å². The Bertz CT molecular complexity index is 568. The smallest absolute Gasteiger partial charge is 0.319 e. The molecule has 6 nitrogen and oxygen atoms in total. The summed E-state index contributed by atoms with van der Waals surface area (Å²) in [6, 6.07) is 2.32. The number of hydrogen-bond acceptors (Lipinski definition) is 4. The predicted octanol–water partition coefficient (Wildman–Crippen LogP) is 1.65. The molecule has 0 atom stereocenters. The van der Waals surface area contributed by atoms with Gasteiger partial charge in [-0.05, 0) is 12.8 Å². The Morgan fingerprint density at radius 3 is 2.25 bits per heavy atom. The molecule has 2 N–H and O–H groups in total. The number of amides is 1. The SMILES string of the molecule is COc1cc(F)c(NC(=O)C2(C(=O)O)CC2)cc1OC. The first-order chi connectivity index (χ1) is 9.44. The van der Waals surface area contributed by atoms with Gasteiger partial charge in [0.15, 0.2) is 17.3 Å². The van der Waals surface area contributed by atoms with E-state index in [1.807, 2.05) is 0 Å². The number of carbonyl (C=O) groups excluding carboxylic acids is 1. The average Bonchev–Trinajstić information content (AvgIpc) is 3.22. The summed E-state index contributed by atoms with van der Waals surface area (Å²) in [5.74, 6) is -2.23. The van der Waals surface area contributed by atoms with Gasteiger partial charge in [0.1, 0.15) is 5.41 Å². The number of methoxy groups -OCH3 is 2. The molecular weight excluding hydrogens is 269 g/mol. The van der Waals surface area contributed by atoms with E-state index in [0.29, 0.717) is 0 Å². The minimum Gasteiger partial charge on any atom is -0.493 e. The van der Waals surface area contributed by atoms with E-state index in [1.165, 1.54) is 20.3 Å². The second kappa shape index (κ2) is 4.99. The molecule has 0 aromatic heterocycles. The fraction of sp³-hybridized carbons (Fsp3) is 0.385. The maximum absolute atomic E-state index is 13.8. The van der Waals surface area contributed by atoms with Crippen molar-refractivity contribution in [1.29, 1.82) is 0 Å². The number of nitrogens with one attached hydrogen (secondary N) is 1. The van der Waals surface area contributed by atoms with Gasteiger partial charge in [0, 0.05) is 12.1 Å². The summed E-state index contributed by atoms with van der Waals surface area (Å²) in [6.07, 6.45) is 0.506. The topological polar surface area (TPSA) is 84.9 Å². The molecule has 1 saturated carbocycles. The van der Waals surface area contributed by atoms with Crippen molar-refractivity contribution in [3.63, 3.8) is 0 Å². The lowest BCUT2D eigenvalue weighted by Gasteiger charge is -2.14. The Balaban J connectivity index is 2.26. The van der Waals surface area contributed by atoms with Crippen molar-refractivity contribution in [3.05, 3.63) is 17.9 Å². The van der Waals surface area contributed by atoms with Crippen molar-refractivity contribution in [1.82, 2.24) is 0 Å². The maximum atomic E-state index is 13.8. The van der Waals surface area contributed by atoms with Gasteiger partial charge >= 0.3 is 5.97 Å². The molecule has 108 valence electrons. The number of benzene rings is 1. The summed E-state index contributed by atoms with van der Waals surface area (Å²) in [4.78, 5) is 22.9. The van der Waals surface area contributed by atoms with Crippen LogP contribution in [0.2, 0.25) is 0 Å². The lowest BCUT2D eigenvalue weighted by atomic mass is 10.1. The fourth-order valence-electron chi connectivity index (χ4n) is 1.85. The summed E-state index contributed by atoms with van der Waals surface area (Å²) >= 11 is 0. The number of hydrogen-bond donors (Lipinski definition) is 2. The van der Waals surface area contributed by atoms with Crippen LogP contribution in [-0.4, -0.2) is 31.2 Å². The first kappa shape index (κ1) is 14.1. The molecule has 0 heterocycles. The fourth-order valence-corrected chi connectivity index (χ4v) is 1.85. The van der Waals surface area contributed by atoms with Gasteiger partial charge in [-0.2, -0.15) is 0 Å². The van der Waals surface area contributed by atoms with Gasteiger partial charge < -0.3 is 19.9 Å². The lowest BCUT2D eigenvalue weighted by Crippen LogP contribution is -2.31. The Kier molecular flexibility index (Phi) is 3.52. The van der Waals surface area contributed by atoms with Crippen molar-refractivity contribution < 1.29 is 28.6 Å². The van der Waals surface area contributed by atoms with Gasteiger partial charge in [0.05, 0.1) is 19.9 Å². The van der Waals surface area contributed by atoms with Crippen LogP contribution in [0.4, 0.5) is 10.1 Å². The van der Waals surface area contributed by atoms with Crippen LogP contribution >= 0.6 is 0 Å². The zero-order valence-electron chi connectivity index (χ0n) is 11.0. The highest BCUT2D eigenvalue weighted by atomic mass is 19.1. The third kappa shape index (κ3) is 2.26. The number of rotatable bonds is 5. The van der Waals surface area contributed by atoms with Crippen LogP contribution in [0.25, 0.3) is 0 Å². The summed E-state index contributed by atoms with van der Waals surface area (Å²) in [6.45, 7) is 0. The van der Waals surface area contributed by atoms with Crippen LogP contribution in [0.15, 0.2) is 12.1 Å². The van der Waals surface area contributed by atoms with Crippen molar-refractivity contribution in [3.8, 4) is 11.5 Å². The molecule has 1 aromatic carbocycles. The molecular formula is C13H14FNO5. The molecule has 1 aromatic rings. The Hall–Kier alpha value is -2.31. The van der Waals surface area contributed by atoms with E-state index in [4.69, 9.17) is 14.6 Å². The molecule has 0 radical (unpaired) electrons. The van der Waals surface area contributed by atoms with Crippen molar-refractivity contribution in [2.75, 3.05) is 19.5 Å². The molecule has 0 aliphatic heterocycles. The molecule has 2 rings (SSSR count). The zero-order valence-corrected chi connectivity index (χ0v) is 11.0. The molecule has 1 aliphatic carbocycles. The largest absolute Gasteiger partial charge is 0.493 e. The molecule has 0 bridgehead atoms. The monoisotopic (exact) mass is 283 g/mol. The lowest BCUT2D eigenvalue weighted by molar-refractivity contribution is -0.147. The third-order valence-corrected chi connectivity index (χ3v) is 3.32. The second-order valence-electron chi connectivity index (χ2n) is 4.53.